The first kappa shape index (κ1) is 10.0. The molecule has 0 amide bonds. The van der Waals surface area contributed by atoms with Gasteiger partial charge in [-0.2, -0.15) is 0 Å². The summed E-state index contributed by atoms with van der Waals surface area (Å²) in [7, 11) is 4.15. The van der Waals surface area contributed by atoms with Gasteiger partial charge in [-0.1, -0.05) is 31.2 Å². The molecule has 0 heterocycles. The van der Waals surface area contributed by atoms with Crippen molar-refractivity contribution in [2.45, 2.75) is 13.3 Å². The van der Waals surface area contributed by atoms with Crippen molar-refractivity contribution in [3.05, 3.63) is 42.0 Å². The van der Waals surface area contributed by atoms with E-state index in [-0.39, 0.29) is 0 Å². The van der Waals surface area contributed by atoms with Gasteiger partial charge in [0.25, 0.3) is 0 Å². The number of rotatable bonds is 2. The molecule has 0 saturated heterocycles. The van der Waals surface area contributed by atoms with Crippen molar-refractivity contribution in [1.82, 2.24) is 0 Å². The second kappa shape index (κ2) is 3.93. The van der Waals surface area contributed by atoms with Gasteiger partial charge in [-0.05, 0) is 34.9 Å². The van der Waals surface area contributed by atoms with E-state index in [1.54, 1.807) is 0 Å². The second-order valence-electron chi connectivity index (χ2n) is 4.07. The van der Waals surface area contributed by atoms with E-state index in [4.69, 9.17) is 0 Å². The number of nitrogens with zero attached hydrogens (tertiary/aromatic N) is 1. The number of fused-ring (bicyclic) bond motifs is 1. The standard InChI is InChI=1S/C14H17N/c1-4-11-6-5-7-12-10-13(15(2)3)8-9-14(11)12/h5-10H,4H2,1-3H3. The normalized spacial score (nSPS) is 10.6. The molecule has 2 aromatic rings. The highest BCUT2D eigenvalue weighted by molar-refractivity contribution is 5.88. The quantitative estimate of drug-likeness (QED) is 0.716. The van der Waals surface area contributed by atoms with Crippen LogP contribution >= 0.6 is 0 Å². The first-order valence-electron chi connectivity index (χ1n) is 5.41. The average Bonchev–Trinajstić information content (AvgIpc) is 2.27. The third-order valence-electron chi connectivity index (χ3n) is 2.85. The SMILES string of the molecule is CCc1cccc2cc(N(C)C)ccc12. The minimum Gasteiger partial charge on any atom is -0.378 e. The van der Waals surface area contributed by atoms with Crippen LogP contribution in [0.1, 0.15) is 12.5 Å². The molecule has 0 atom stereocenters. The van der Waals surface area contributed by atoms with Gasteiger partial charge in [0.1, 0.15) is 0 Å². The van der Waals surface area contributed by atoms with E-state index in [0.717, 1.165) is 6.42 Å². The van der Waals surface area contributed by atoms with Gasteiger partial charge >= 0.3 is 0 Å². The molecule has 0 fully saturated rings. The number of hydrogen-bond donors (Lipinski definition) is 0. The lowest BCUT2D eigenvalue weighted by Crippen LogP contribution is -2.08. The molecule has 0 aliphatic rings. The molecule has 0 bridgehead atoms. The van der Waals surface area contributed by atoms with E-state index in [2.05, 4.69) is 62.3 Å². The lowest BCUT2D eigenvalue weighted by atomic mass is 10.0. The second-order valence-corrected chi connectivity index (χ2v) is 4.07. The minimum atomic E-state index is 1.10. The van der Waals surface area contributed by atoms with Gasteiger partial charge in [0.05, 0.1) is 0 Å². The third kappa shape index (κ3) is 1.82. The highest BCUT2D eigenvalue weighted by Gasteiger charge is 2.01. The van der Waals surface area contributed by atoms with E-state index in [0.29, 0.717) is 0 Å². The molecule has 0 aliphatic heterocycles. The summed E-state index contributed by atoms with van der Waals surface area (Å²) in [5, 5.41) is 2.71. The molecule has 0 saturated carbocycles. The van der Waals surface area contributed by atoms with Crippen LogP contribution in [0.4, 0.5) is 5.69 Å². The van der Waals surface area contributed by atoms with Gasteiger partial charge in [-0.25, -0.2) is 0 Å². The highest BCUT2D eigenvalue weighted by Crippen LogP contribution is 2.24. The van der Waals surface area contributed by atoms with Crippen molar-refractivity contribution in [2.75, 3.05) is 19.0 Å². The Labute approximate surface area is 91.3 Å². The van der Waals surface area contributed by atoms with Crippen LogP contribution in [0.5, 0.6) is 0 Å². The zero-order chi connectivity index (χ0) is 10.8. The Morgan fingerprint density at radius 3 is 2.53 bits per heavy atom. The molecule has 0 aliphatic carbocycles. The molecular weight excluding hydrogens is 182 g/mol. The maximum Gasteiger partial charge on any atom is 0.0367 e. The molecule has 0 radical (unpaired) electrons. The van der Waals surface area contributed by atoms with E-state index in [1.165, 1.54) is 22.0 Å². The predicted octanol–water partition coefficient (Wildman–Crippen LogP) is 3.47. The topological polar surface area (TPSA) is 3.24 Å². The van der Waals surface area contributed by atoms with Crippen LogP contribution in [0.3, 0.4) is 0 Å². The fraction of sp³-hybridized carbons (Fsp3) is 0.286. The van der Waals surface area contributed by atoms with Crippen molar-refractivity contribution in [1.29, 1.82) is 0 Å². The van der Waals surface area contributed by atoms with Crippen LogP contribution in [-0.4, -0.2) is 14.1 Å². The van der Waals surface area contributed by atoms with Crippen LogP contribution in [0.2, 0.25) is 0 Å². The maximum absolute atomic E-state index is 2.24. The lowest BCUT2D eigenvalue weighted by Gasteiger charge is -2.14. The van der Waals surface area contributed by atoms with Gasteiger partial charge in [0.2, 0.25) is 0 Å². The Morgan fingerprint density at radius 1 is 1.07 bits per heavy atom. The number of benzene rings is 2. The van der Waals surface area contributed by atoms with E-state index in [1.807, 2.05) is 0 Å². The summed E-state index contributed by atoms with van der Waals surface area (Å²) in [5.74, 6) is 0. The van der Waals surface area contributed by atoms with Crippen molar-refractivity contribution in [3.8, 4) is 0 Å². The fourth-order valence-electron chi connectivity index (χ4n) is 1.92. The summed E-state index contributed by atoms with van der Waals surface area (Å²) in [6.45, 7) is 2.20. The summed E-state index contributed by atoms with van der Waals surface area (Å²) in [5.41, 5.74) is 2.69. The number of hydrogen-bond acceptors (Lipinski definition) is 1. The molecule has 1 nitrogen and oxygen atoms in total. The molecular formula is C14H17N. The summed E-state index contributed by atoms with van der Waals surface area (Å²) >= 11 is 0. The first-order valence-corrected chi connectivity index (χ1v) is 5.41. The molecule has 0 aromatic heterocycles. The summed E-state index contributed by atoms with van der Waals surface area (Å²) < 4.78 is 0. The molecule has 0 spiro atoms. The predicted molar refractivity (Wildman–Crippen MR) is 67.7 cm³/mol. The third-order valence-corrected chi connectivity index (χ3v) is 2.85. The van der Waals surface area contributed by atoms with E-state index in [9.17, 15) is 0 Å². The van der Waals surface area contributed by atoms with E-state index < -0.39 is 0 Å². The Hall–Kier alpha value is -1.50. The summed E-state index contributed by atoms with van der Waals surface area (Å²) in [6, 6.07) is 13.2. The van der Waals surface area contributed by atoms with Crippen molar-refractivity contribution in [3.63, 3.8) is 0 Å². The molecule has 78 valence electrons. The van der Waals surface area contributed by atoms with Crippen LogP contribution in [-0.2, 0) is 6.42 Å². The van der Waals surface area contributed by atoms with Gasteiger partial charge < -0.3 is 4.90 Å². The van der Waals surface area contributed by atoms with Gasteiger partial charge in [-0.15, -0.1) is 0 Å². The number of anilines is 1. The lowest BCUT2D eigenvalue weighted by molar-refractivity contribution is 1.13. The largest absolute Gasteiger partial charge is 0.378 e. The minimum absolute atomic E-state index is 1.10. The van der Waals surface area contributed by atoms with Gasteiger partial charge in [-0.3, -0.25) is 0 Å². The van der Waals surface area contributed by atoms with Crippen LogP contribution in [0.25, 0.3) is 10.8 Å². The van der Waals surface area contributed by atoms with Crippen molar-refractivity contribution in [2.24, 2.45) is 0 Å². The van der Waals surface area contributed by atoms with E-state index >= 15 is 0 Å². The zero-order valence-electron chi connectivity index (χ0n) is 9.62. The van der Waals surface area contributed by atoms with Gasteiger partial charge in [0, 0.05) is 19.8 Å². The smallest absolute Gasteiger partial charge is 0.0367 e. The van der Waals surface area contributed by atoms with Gasteiger partial charge in [0.15, 0.2) is 0 Å². The monoisotopic (exact) mass is 199 g/mol. The molecule has 2 rings (SSSR count). The van der Waals surface area contributed by atoms with Crippen molar-refractivity contribution >= 4 is 16.5 Å². The Morgan fingerprint density at radius 2 is 1.87 bits per heavy atom. The Kier molecular flexibility index (Phi) is 2.63. The fourth-order valence-corrected chi connectivity index (χ4v) is 1.92. The Balaban J connectivity index is 2.63. The van der Waals surface area contributed by atoms with Crippen molar-refractivity contribution < 1.29 is 0 Å². The van der Waals surface area contributed by atoms with Crippen LogP contribution in [0, 0.1) is 0 Å². The highest BCUT2D eigenvalue weighted by atomic mass is 15.1. The van der Waals surface area contributed by atoms with Crippen LogP contribution < -0.4 is 4.90 Å². The summed E-state index contributed by atoms with van der Waals surface area (Å²) in [6.07, 6.45) is 1.10. The molecule has 15 heavy (non-hydrogen) atoms. The average molecular weight is 199 g/mol. The van der Waals surface area contributed by atoms with Crippen LogP contribution in [0.15, 0.2) is 36.4 Å². The molecule has 1 heteroatoms. The first-order chi connectivity index (χ1) is 7.22. The Bertz CT molecular complexity index is 472. The maximum atomic E-state index is 2.24. The molecule has 2 aromatic carbocycles. The molecule has 0 N–H and O–H groups in total. The zero-order valence-corrected chi connectivity index (χ0v) is 9.62. The summed E-state index contributed by atoms with van der Waals surface area (Å²) in [4.78, 5) is 2.14. The molecule has 0 unspecified atom stereocenters. The number of aryl methyl sites for hydroxylation is 1.